The van der Waals surface area contributed by atoms with Gasteiger partial charge in [0.2, 0.25) is 5.28 Å². The Kier molecular flexibility index (Phi) is 5.47. The Morgan fingerprint density at radius 2 is 1.90 bits per heavy atom. The van der Waals surface area contributed by atoms with Gasteiger partial charge in [0, 0.05) is 30.6 Å². The monoisotopic (exact) mass is 500 g/mol. The number of ether oxygens (including phenoxy) is 2. The van der Waals surface area contributed by atoms with Crippen LogP contribution in [-0.2, 0) is 4.74 Å². The molecule has 2 aromatic rings. The first kappa shape index (κ1) is 21.4. The molecule has 0 unspecified atom stereocenters. The molecule has 10 heteroatoms. The number of likely N-dealkylation sites (tertiary alicyclic amines) is 1. The minimum Gasteiger partial charge on any atom is -0.495 e. The Hall–Kier alpha value is -1.87. The molecule has 2 atom stereocenters. The van der Waals surface area contributed by atoms with Crippen LogP contribution in [0.2, 0.25) is 5.28 Å². The summed E-state index contributed by atoms with van der Waals surface area (Å²) in [6, 6.07) is 1.78. The summed E-state index contributed by atoms with van der Waals surface area (Å²) in [5, 5.41) is 0.502. The number of carbonyl (C=O) groups excluding carboxylic acids is 1. The predicted octanol–water partition coefficient (Wildman–Crippen LogP) is 4.78. The lowest BCUT2D eigenvalue weighted by atomic mass is 10.1. The Morgan fingerprint density at radius 1 is 1.27 bits per heavy atom. The van der Waals surface area contributed by atoms with Gasteiger partial charge in [0.25, 0.3) is 0 Å². The molecule has 0 aliphatic carbocycles. The van der Waals surface area contributed by atoms with Crippen LogP contribution in [0, 0.1) is 5.82 Å². The number of carbonyl (C=O) groups is 1. The van der Waals surface area contributed by atoms with E-state index in [1.807, 2.05) is 20.8 Å². The van der Waals surface area contributed by atoms with E-state index >= 15 is 0 Å². The predicted molar refractivity (Wildman–Crippen MR) is 116 cm³/mol. The Bertz CT molecular complexity index is 1000. The van der Waals surface area contributed by atoms with Crippen molar-refractivity contribution in [1.29, 1.82) is 0 Å². The van der Waals surface area contributed by atoms with Crippen LogP contribution in [0.15, 0.2) is 10.5 Å². The van der Waals surface area contributed by atoms with Gasteiger partial charge in [-0.1, -0.05) is 0 Å². The molecular weight excluding hydrogens is 479 g/mol. The van der Waals surface area contributed by atoms with Crippen LogP contribution in [0.1, 0.15) is 33.6 Å². The first-order valence-corrected chi connectivity index (χ1v) is 10.9. The number of fused-ring (bicyclic) bond motifs is 3. The van der Waals surface area contributed by atoms with E-state index in [1.54, 1.807) is 11.0 Å². The van der Waals surface area contributed by atoms with Gasteiger partial charge in [-0.15, -0.1) is 0 Å². The smallest absolute Gasteiger partial charge is 0.410 e. The van der Waals surface area contributed by atoms with Crippen molar-refractivity contribution in [2.24, 2.45) is 0 Å². The summed E-state index contributed by atoms with van der Waals surface area (Å²) < 4.78 is 26.0. The number of methoxy groups -OCH3 is 1. The molecule has 2 aliphatic heterocycles. The van der Waals surface area contributed by atoms with Crippen molar-refractivity contribution in [3.63, 3.8) is 0 Å². The van der Waals surface area contributed by atoms with E-state index in [0.29, 0.717) is 30.0 Å². The number of piperazine rings is 1. The van der Waals surface area contributed by atoms with E-state index in [-0.39, 0.29) is 33.4 Å². The molecule has 0 spiro atoms. The van der Waals surface area contributed by atoms with Crippen molar-refractivity contribution in [2.45, 2.75) is 51.3 Å². The van der Waals surface area contributed by atoms with Gasteiger partial charge in [-0.3, -0.25) is 0 Å². The van der Waals surface area contributed by atoms with Crippen molar-refractivity contribution in [2.75, 3.05) is 25.1 Å². The zero-order valence-electron chi connectivity index (χ0n) is 17.2. The molecule has 0 saturated carbocycles. The van der Waals surface area contributed by atoms with Gasteiger partial charge in [-0.25, -0.2) is 14.2 Å². The largest absolute Gasteiger partial charge is 0.495 e. The van der Waals surface area contributed by atoms with E-state index in [2.05, 4.69) is 30.8 Å². The standard InChI is InChI=1S/C20H23BrClFN4O3/c1-20(2,3)30-19(28)26-8-10-5-6-11(9-26)27(10)17-12-7-13(29-4)14(21)15(23)16(12)24-18(22)25-17/h7,10-11H,5-6,8-9H2,1-4H3/t10-,11+. The topological polar surface area (TPSA) is 67.8 Å². The molecule has 7 nitrogen and oxygen atoms in total. The quantitative estimate of drug-likeness (QED) is 0.552. The van der Waals surface area contributed by atoms with Crippen molar-refractivity contribution in [1.82, 2.24) is 14.9 Å². The summed E-state index contributed by atoms with van der Waals surface area (Å²) >= 11 is 9.38. The fraction of sp³-hybridized carbons (Fsp3) is 0.550. The van der Waals surface area contributed by atoms with Crippen LogP contribution in [0.5, 0.6) is 5.75 Å². The van der Waals surface area contributed by atoms with E-state index < -0.39 is 11.4 Å². The summed E-state index contributed by atoms with van der Waals surface area (Å²) in [6.45, 7) is 6.57. The number of aromatic nitrogens is 2. The van der Waals surface area contributed by atoms with E-state index in [4.69, 9.17) is 21.1 Å². The second kappa shape index (κ2) is 7.67. The number of hydrogen-bond donors (Lipinski definition) is 0. The van der Waals surface area contributed by atoms with Crippen LogP contribution in [-0.4, -0.2) is 58.8 Å². The minimum atomic E-state index is -0.550. The Balaban J connectivity index is 1.72. The first-order chi connectivity index (χ1) is 14.1. The number of hydrogen-bond acceptors (Lipinski definition) is 6. The van der Waals surface area contributed by atoms with Gasteiger partial charge in [-0.2, -0.15) is 4.98 Å². The maximum absolute atomic E-state index is 14.9. The lowest BCUT2D eigenvalue weighted by Crippen LogP contribution is -2.56. The number of nitrogens with zero attached hydrogens (tertiary/aromatic N) is 4. The van der Waals surface area contributed by atoms with Crippen LogP contribution in [0.3, 0.4) is 0 Å². The van der Waals surface area contributed by atoms with Gasteiger partial charge >= 0.3 is 6.09 Å². The maximum atomic E-state index is 14.9. The highest BCUT2D eigenvalue weighted by Gasteiger charge is 2.44. The normalized spacial score (nSPS) is 21.3. The molecular formula is C20H23BrClFN4O3. The van der Waals surface area contributed by atoms with Crippen LogP contribution < -0.4 is 9.64 Å². The molecule has 0 N–H and O–H groups in total. The third-order valence-electron chi connectivity index (χ3n) is 5.39. The molecule has 162 valence electrons. The molecule has 1 amide bonds. The zero-order chi connectivity index (χ0) is 21.8. The summed E-state index contributed by atoms with van der Waals surface area (Å²) in [5.41, 5.74) is -0.419. The summed E-state index contributed by atoms with van der Waals surface area (Å²) in [7, 11) is 1.48. The second-order valence-electron chi connectivity index (χ2n) is 8.60. The fourth-order valence-corrected chi connectivity index (χ4v) is 4.84. The van der Waals surface area contributed by atoms with Crippen molar-refractivity contribution >= 4 is 50.3 Å². The first-order valence-electron chi connectivity index (χ1n) is 9.74. The SMILES string of the molecule is COc1cc2c(N3[C@@H]4CC[C@H]3CN(C(=O)OC(C)(C)C)C4)nc(Cl)nc2c(F)c1Br. The highest BCUT2D eigenvalue weighted by atomic mass is 79.9. The summed E-state index contributed by atoms with van der Waals surface area (Å²) in [4.78, 5) is 25.0. The van der Waals surface area contributed by atoms with Gasteiger partial charge in [0.1, 0.15) is 22.7 Å². The molecule has 30 heavy (non-hydrogen) atoms. The van der Waals surface area contributed by atoms with Crippen LogP contribution >= 0.6 is 27.5 Å². The van der Waals surface area contributed by atoms with Crippen molar-refractivity contribution in [3.8, 4) is 5.75 Å². The highest BCUT2D eigenvalue weighted by molar-refractivity contribution is 9.10. The highest BCUT2D eigenvalue weighted by Crippen LogP contribution is 2.41. The van der Waals surface area contributed by atoms with Crippen LogP contribution in [0.25, 0.3) is 10.9 Å². The summed E-state index contributed by atoms with van der Waals surface area (Å²) in [6.07, 6.45) is 1.47. The van der Waals surface area contributed by atoms with Gasteiger partial charge < -0.3 is 19.3 Å². The van der Waals surface area contributed by atoms with Crippen molar-refractivity contribution < 1.29 is 18.7 Å². The molecule has 3 heterocycles. The average Bonchev–Trinajstić information content (AvgIpc) is 2.92. The van der Waals surface area contributed by atoms with Gasteiger partial charge in [0.15, 0.2) is 5.82 Å². The number of benzene rings is 1. The fourth-order valence-electron chi connectivity index (χ4n) is 4.21. The molecule has 4 rings (SSSR count). The van der Waals surface area contributed by atoms with E-state index in [0.717, 1.165) is 12.8 Å². The lowest BCUT2D eigenvalue weighted by molar-refractivity contribution is 0.0209. The molecule has 2 saturated heterocycles. The molecule has 2 bridgehead atoms. The molecule has 1 aromatic heterocycles. The number of rotatable bonds is 2. The zero-order valence-corrected chi connectivity index (χ0v) is 19.5. The van der Waals surface area contributed by atoms with Crippen molar-refractivity contribution in [3.05, 3.63) is 21.6 Å². The Labute approximate surface area is 187 Å². The summed E-state index contributed by atoms with van der Waals surface area (Å²) in [5.74, 6) is 0.368. The average molecular weight is 502 g/mol. The van der Waals surface area contributed by atoms with Gasteiger partial charge in [0.05, 0.1) is 11.6 Å². The number of halogens is 3. The molecule has 1 aromatic carbocycles. The molecule has 0 radical (unpaired) electrons. The van der Waals surface area contributed by atoms with Gasteiger partial charge in [-0.05, 0) is 67.2 Å². The van der Waals surface area contributed by atoms with Crippen LogP contribution in [0.4, 0.5) is 15.0 Å². The maximum Gasteiger partial charge on any atom is 0.410 e. The van der Waals surface area contributed by atoms with E-state index in [9.17, 15) is 9.18 Å². The second-order valence-corrected chi connectivity index (χ2v) is 9.73. The van der Waals surface area contributed by atoms with E-state index in [1.165, 1.54) is 7.11 Å². The third-order valence-corrected chi connectivity index (χ3v) is 6.30. The molecule has 2 aliphatic rings. The minimum absolute atomic E-state index is 0.0255. The Morgan fingerprint density at radius 3 is 2.47 bits per heavy atom. The number of amides is 1. The lowest BCUT2D eigenvalue weighted by Gasteiger charge is -2.42. The third kappa shape index (κ3) is 3.77. The number of anilines is 1. The molecule has 2 fully saturated rings.